The van der Waals surface area contributed by atoms with Crippen LogP contribution in [-0.2, 0) is 11.3 Å². The Kier molecular flexibility index (Phi) is 7.05. The van der Waals surface area contributed by atoms with Gasteiger partial charge in [0.1, 0.15) is 11.4 Å². The van der Waals surface area contributed by atoms with E-state index in [4.69, 9.17) is 11.6 Å². The van der Waals surface area contributed by atoms with Crippen LogP contribution in [0.25, 0.3) is 10.2 Å². The fourth-order valence-corrected chi connectivity index (χ4v) is 4.87. The van der Waals surface area contributed by atoms with Crippen molar-refractivity contribution >= 4 is 56.3 Å². The van der Waals surface area contributed by atoms with Gasteiger partial charge in [-0.3, -0.25) is 19.0 Å². The molecule has 0 radical (unpaired) electrons. The zero-order valence-electron chi connectivity index (χ0n) is 19.8. The van der Waals surface area contributed by atoms with Crippen LogP contribution < -0.4 is 16.2 Å². The highest BCUT2D eigenvalue weighted by Crippen LogP contribution is 2.28. The SMILES string of the molecule is Cc1ccc(NC(=O)Cn2cnc3sc(C(=O)Nc4ccc(C(C)C)cc4)c(C)c3c2=O)cc1Cl. The molecule has 2 aromatic carbocycles. The Morgan fingerprint density at radius 2 is 1.74 bits per heavy atom. The van der Waals surface area contributed by atoms with E-state index in [-0.39, 0.29) is 23.9 Å². The number of fused-ring (bicyclic) bond motifs is 1. The summed E-state index contributed by atoms with van der Waals surface area (Å²) in [6, 6.07) is 12.9. The maximum Gasteiger partial charge on any atom is 0.266 e. The van der Waals surface area contributed by atoms with Gasteiger partial charge in [0.25, 0.3) is 11.5 Å². The molecular formula is C26H25ClN4O3S. The minimum absolute atomic E-state index is 0.216. The molecule has 0 saturated heterocycles. The Labute approximate surface area is 211 Å². The second-order valence-corrected chi connectivity index (χ2v) is 10.1. The second-order valence-electron chi connectivity index (χ2n) is 8.66. The van der Waals surface area contributed by atoms with E-state index >= 15 is 0 Å². The number of aromatic nitrogens is 2. The quantitative estimate of drug-likeness (QED) is 0.347. The van der Waals surface area contributed by atoms with Gasteiger partial charge in [-0.2, -0.15) is 0 Å². The Balaban J connectivity index is 1.54. The highest BCUT2D eigenvalue weighted by Gasteiger charge is 2.20. The predicted octanol–water partition coefficient (Wildman–Crippen LogP) is 5.74. The lowest BCUT2D eigenvalue weighted by atomic mass is 10.0. The largest absolute Gasteiger partial charge is 0.324 e. The molecule has 4 rings (SSSR count). The molecular weight excluding hydrogens is 484 g/mol. The van der Waals surface area contributed by atoms with Gasteiger partial charge in [-0.1, -0.05) is 43.6 Å². The number of carbonyl (C=O) groups excluding carboxylic acids is 2. The number of halogens is 1. The van der Waals surface area contributed by atoms with Crippen molar-refractivity contribution in [3.05, 3.63) is 85.7 Å². The first-order chi connectivity index (χ1) is 16.6. The summed E-state index contributed by atoms with van der Waals surface area (Å²) in [4.78, 5) is 43.8. The van der Waals surface area contributed by atoms with Gasteiger partial charge >= 0.3 is 0 Å². The Morgan fingerprint density at radius 3 is 2.40 bits per heavy atom. The zero-order valence-corrected chi connectivity index (χ0v) is 21.4. The molecule has 0 fully saturated rings. The first kappa shape index (κ1) is 24.6. The normalized spacial score (nSPS) is 11.1. The molecule has 0 aliphatic carbocycles. The number of hydrogen-bond donors (Lipinski definition) is 2. The zero-order chi connectivity index (χ0) is 25.3. The van der Waals surface area contributed by atoms with Gasteiger partial charge in [0.2, 0.25) is 5.91 Å². The number of rotatable bonds is 6. The number of aryl methyl sites for hydroxylation is 2. The molecule has 35 heavy (non-hydrogen) atoms. The van der Waals surface area contributed by atoms with E-state index in [0.29, 0.717) is 43.0 Å². The van der Waals surface area contributed by atoms with Gasteiger partial charge in [-0.15, -0.1) is 11.3 Å². The maximum atomic E-state index is 13.1. The van der Waals surface area contributed by atoms with Crippen LogP contribution >= 0.6 is 22.9 Å². The molecule has 0 spiro atoms. The second kappa shape index (κ2) is 10.0. The van der Waals surface area contributed by atoms with Crippen LogP contribution in [0.15, 0.2) is 53.6 Å². The van der Waals surface area contributed by atoms with E-state index in [1.54, 1.807) is 25.1 Å². The van der Waals surface area contributed by atoms with Gasteiger partial charge in [0.15, 0.2) is 0 Å². The van der Waals surface area contributed by atoms with E-state index in [1.807, 2.05) is 31.2 Å². The predicted molar refractivity (Wildman–Crippen MR) is 142 cm³/mol. The van der Waals surface area contributed by atoms with Crippen molar-refractivity contribution in [3.63, 3.8) is 0 Å². The van der Waals surface area contributed by atoms with Crippen molar-refractivity contribution in [2.75, 3.05) is 10.6 Å². The van der Waals surface area contributed by atoms with Crippen LogP contribution in [0.5, 0.6) is 0 Å². The highest BCUT2D eigenvalue weighted by molar-refractivity contribution is 7.20. The van der Waals surface area contributed by atoms with Gasteiger partial charge in [0.05, 0.1) is 16.6 Å². The van der Waals surface area contributed by atoms with Gasteiger partial charge < -0.3 is 10.6 Å². The molecule has 0 saturated carbocycles. The lowest BCUT2D eigenvalue weighted by Crippen LogP contribution is -2.28. The smallest absolute Gasteiger partial charge is 0.266 e. The molecule has 9 heteroatoms. The average Bonchev–Trinajstić information content (AvgIpc) is 3.15. The lowest BCUT2D eigenvalue weighted by Gasteiger charge is -2.09. The molecule has 7 nitrogen and oxygen atoms in total. The summed E-state index contributed by atoms with van der Waals surface area (Å²) in [6.07, 6.45) is 1.33. The van der Waals surface area contributed by atoms with Crippen LogP contribution in [0.4, 0.5) is 11.4 Å². The highest BCUT2D eigenvalue weighted by atomic mass is 35.5. The number of hydrogen-bond acceptors (Lipinski definition) is 5. The van der Waals surface area contributed by atoms with E-state index in [2.05, 4.69) is 29.5 Å². The lowest BCUT2D eigenvalue weighted by molar-refractivity contribution is -0.116. The summed E-state index contributed by atoms with van der Waals surface area (Å²) < 4.78 is 1.24. The third-order valence-electron chi connectivity index (χ3n) is 5.73. The summed E-state index contributed by atoms with van der Waals surface area (Å²) in [5, 5.41) is 6.50. The summed E-state index contributed by atoms with van der Waals surface area (Å²) in [7, 11) is 0. The van der Waals surface area contributed by atoms with E-state index in [0.717, 1.165) is 16.9 Å². The Morgan fingerprint density at radius 1 is 1.06 bits per heavy atom. The van der Waals surface area contributed by atoms with E-state index < -0.39 is 0 Å². The van der Waals surface area contributed by atoms with Crippen molar-refractivity contribution in [2.24, 2.45) is 0 Å². The molecule has 0 aliphatic heterocycles. The van der Waals surface area contributed by atoms with Gasteiger partial charge in [-0.05, 0) is 60.7 Å². The Bertz CT molecular complexity index is 1490. The average molecular weight is 509 g/mol. The van der Waals surface area contributed by atoms with Crippen molar-refractivity contribution in [3.8, 4) is 0 Å². The molecule has 2 N–H and O–H groups in total. The summed E-state index contributed by atoms with van der Waals surface area (Å²) in [5.41, 5.74) is 3.46. The van der Waals surface area contributed by atoms with Crippen LogP contribution in [0.2, 0.25) is 5.02 Å². The minimum Gasteiger partial charge on any atom is -0.324 e. The summed E-state index contributed by atoms with van der Waals surface area (Å²) >= 11 is 7.27. The molecule has 2 aromatic heterocycles. The number of nitrogens with zero attached hydrogens (tertiary/aromatic N) is 2. The molecule has 4 aromatic rings. The standard InChI is InChI=1S/C26H25ClN4O3S/c1-14(2)17-6-9-18(10-7-17)30-24(33)23-16(4)22-25(35-23)28-13-31(26(22)34)12-21(32)29-19-8-5-15(3)20(27)11-19/h5-11,13-14H,12H2,1-4H3,(H,29,32)(H,30,33). The number of benzene rings is 2. The maximum absolute atomic E-state index is 13.1. The van der Waals surface area contributed by atoms with Gasteiger partial charge in [-0.25, -0.2) is 4.98 Å². The molecule has 0 aliphatic rings. The van der Waals surface area contributed by atoms with Crippen molar-refractivity contribution in [1.82, 2.24) is 9.55 Å². The first-order valence-corrected chi connectivity index (χ1v) is 12.3. The third kappa shape index (κ3) is 5.28. The first-order valence-electron chi connectivity index (χ1n) is 11.1. The van der Waals surface area contributed by atoms with Crippen LogP contribution in [0.3, 0.4) is 0 Å². The molecule has 2 heterocycles. The van der Waals surface area contributed by atoms with Crippen LogP contribution in [0.1, 0.15) is 46.1 Å². The minimum atomic E-state index is -0.385. The fraction of sp³-hybridized carbons (Fsp3) is 0.231. The number of nitrogens with one attached hydrogen (secondary N) is 2. The van der Waals surface area contributed by atoms with Crippen LogP contribution in [0, 0.1) is 13.8 Å². The number of anilines is 2. The van der Waals surface area contributed by atoms with E-state index in [1.165, 1.54) is 16.5 Å². The summed E-state index contributed by atoms with van der Waals surface area (Å²) in [6.45, 7) is 7.59. The molecule has 0 unspecified atom stereocenters. The molecule has 2 amide bonds. The summed E-state index contributed by atoms with van der Waals surface area (Å²) in [5.74, 6) is -0.291. The topological polar surface area (TPSA) is 93.1 Å². The number of carbonyl (C=O) groups is 2. The van der Waals surface area contributed by atoms with Gasteiger partial charge in [0, 0.05) is 16.4 Å². The Hall–Kier alpha value is -3.49. The van der Waals surface area contributed by atoms with Crippen molar-refractivity contribution < 1.29 is 9.59 Å². The monoisotopic (exact) mass is 508 g/mol. The fourth-order valence-electron chi connectivity index (χ4n) is 3.65. The number of amides is 2. The molecule has 0 atom stereocenters. The number of thiophene rings is 1. The van der Waals surface area contributed by atoms with E-state index in [9.17, 15) is 14.4 Å². The van der Waals surface area contributed by atoms with Crippen LogP contribution in [-0.4, -0.2) is 21.4 Å². The molecule has 0 bridgehead atoms. The third-order valence-corrected chi connectivity index (χ3v) is 7.33. The van der Waals surface area contributed by atoms with Crippen molar-refractivity contribution in [2.45, 2.75) is 40.2 Å². The van der Waals surface area contributed by atoms with Crippen molar-refractivity contribution in [1.29, 1.82) is 0 Å². The molecule has 180 valence electrons.